The molecule has 1 N–H and O–H groups in total. The van der Waals surface area contributed by atoms with Crippen molar-refractivity contribution >= 4 is 21.6 Å². The molecule has 0 radical (unpaired) electrons. The number of amides is 1. The Morgan fingerprint density at radius 1 is 0.938 bits per heavy atom. The number of carbonyl (C=O) groups excluding carboxylic acids is 1. The maximum atomic E-state index is 12.8. The smallest absolute Gasteiger partial charge is 0.255 e. The highest BCUT2D eigenvalue weighted by Crippen LogP contribution is 2.21. The minimum Gasteiger partial charge on any atom is -0.489 e. The topological polar surface area (TPSA) is 84.9 Å². The predicted molar refractivity (Wildman–Crippen MR) is 121 cm³/mol. The first kappa shape index (κ1) is 22.0. The van der Waals surface area contributed by atoms with Crippen molar-refractivity contribution in [3.05, 3.63) is 90.0 Å². The second-order valence-corrected chi connectivity index (χ2v) is 9.23. The number of anilines is 1. The van der Waals surface area contributed by atoms with Crippen molar-refractivity contribution in [2.24, 2.45) is 0 Å². The van der Waals surface area contributed by atoms with Crippen molar-refractivity contribution in [3.8, 4) is 5.75 Å². The molecule has 0 bridgehead atoms. The van der Waals surface area contributed by atoms with Crippen molar-refractivity contribution in [1.29, 1.82) is 0 Å². The Labute approximate surface area is 187 Å². The van der Waals surface area contributed by atoms with E-state index in [4.69, 9.17) is 9.47 Å². The summed E-state index contributed by atoms with van der Waals surface area (Å²) < 4.78 is 38.0. The summed E-state index contributed by atoms with van der Waals surface area (Å²) in [6.07, 6.45) is 0. The van der Waals surface area contributed by atoms with E-state index >= 15 is 0 Å². The number of benzene rings is 3. The highest BCUT2D eigenvalue weighted by molar-refractivity contribution is 7.89. The SMILES string of the molecule is O=C(Nc1cccc(S(=O)(=O)N2CCOCC2)c1)c1ccc(OCc2ccccc2)cc1. The minimum atomic E-state index is -3.63. The normalized spacial score (nSPS) is 14.6. The number of morpholine rings is 1. The molecule has 4 rings (SSSR count). The van der Waals surface area contributed by atoms with Crippen molar-refractivity contribution in [2.75, 3.05) is 31.6 Å². The average molecular weight is 453 g/mol. The Kier molecular flexibility index (Phi) is 6.84. The molecule has 0 unspecified atom stereocenters. The van der Waals surface area contributed by atoms with Crippen LogP contribution < -0.4 is 10.1 Å². The van der Waals surface area contributed by atoms with E-state index in [9.17, 15) is 13.2 Å². The molecule has 166 valence electrons. The molecule has 3 aromatic carbocycles. The molecule has 0 saturated carbocycles. The van der Waals surface area contributed by atoms with E-state index in [-0.39, 0.29) is 10.8 Å². The Balaban J connectivity index is 1.40. The predicted octanol–water partition coefficient (Wildman–Crippen LogP) is 3.54. The van der Waals surface area contributed by atoms with Crippen LogP contribution in [0.3, 0.4) is 0 Å². The van der Waals surface area contributed by atoms with Gasteiger partial charge >= 0.3 is 0 Å². The van der Waals surface area contributed by atoms with Crippen molar-refractivity contribution in [1.82, 2.24) is 4.31 Å². The fourth-order valence-electron chi connectivity index (χ4n) is 3.32. The summed E-state index contributed by atoms with van der Waals surface area (Å²) in [4.78, 5) is 12.8. The van der Waals surface area contributed by atoms with Gasteiger partial charge in [0.25, 0.3) is 5.91 Å². The van der Waals surface area contributed by atoms with Crippen LogP contribution in [0.4, 0.5) is 5.69 Å². The molecule has 32 heavy (non-hydrogen) atoms. The van der Waals surface area contributed by atoms with Gasteiger partial charge in [0, 0.05) is 24.3 Å². The lowest BCUT2D eigenvalue weighted by Crippen LogP contribution is -2.40. The van der Waals surface area contributed by atoms with E-state index in [1.807, 2.05) is 30.3 Å². The Bertz CT molecular complexity index is 1160. The number of nitrogens with one attached hydrogen (secondary N) is 1. The summed E-state index contributed by atoms with van der Waals surface area (Å²) in [6.45, 7) is 1.83. The zero-order chi connectivity index (χ0) is 22.4. The molecule has 0 aliphatic carbocycles. The molecule has 1 saturated heterocycles. The summed E-state index contributed by atoms with van der Waals surface area (Å²) >= 11 is 0. The standard InChI is InChI=1S/C24H24N2O5S/c27-24(20-9-11-22(12-10-20)31-18-19-5-2-1-3-6-19)25-21-7-4-8-23(17-21)32(28,29)26-13-15-30-16-14-26/h1-12,17H,13-16,18H2,(H,25,27). The molecule has 0 atom stereocenters. The lowest BCUT2D eigenvalue weighted by molar-refractivity contribution is 0.0730. The summed E-state index contributed by atoms with van der Waals surface area (Å²) in [5, 5.41) is 2.76. The average Bonchev–Trinajstić information content (AvgIpc) is 2.84. The van der Waals surface area contributed by atoms with Crippen LogP contribution in [-0.4, -0.2) is 44.9 Å². The second kappa shape index (κ2) is 9.95. The van der Waals surface area contributed by atoms with Crippen molar-refractivity contribution in [3.63, 3.8) is 0 Å². The van der Waals surface area contributed by atoms with Gasteiger partial charge in [0.1, 0.15) is 12.4 Å². The third kappa shape index (κ3) is 5.34. The van der Waals surface area contributed by atoms with Crippen LogP contribution in [0.15, 0.2) is 83.8 Å². The highest BCUT2D eigenvalue weighted by Gasteiger charge is 2.26. The van der Waals surface area contributed by atoms with Crippen molar-refractivity contribution < 1.29 is 22.7 Å². The number of ether oxygens (including phenoxy) is 2. The molecular weight excluding hydrogens is 428 g/mol. The Morgan fingerprint density at radius 2 is 1.66 bits per heavy atom. The quantitative estimate of drug-likeness (QED) is 0.593. The number of sulfonamides is 1. The van der Waals surface area contributed by atoms with Crippen LogP contribution in [0.2, 0.25) is 0 Å². The van der Waals surface area contributed by atoms with E-state index in [1.165, 1.54) is 16.4 Å². The molecular formula is C24H24N2O5S. The Morgan fingerprint density at radius 3 is 2.38 bits per heavy atom. The summed E-state index contributed by atoms with van der Waals surface area (Å²) in [5.74, 6) is 0.324. The van der Waals surface area contributed by atoms with E-state index in [0.29, 0.717) is 49.9 Å². The van der Waals surface area contributed by atoms with E-state index in [2.05, 4.69) is 5.32 Å². The van der Waals surface area contributed by atoms with E-state index < -0.39 is 10.0 Å². The van der Waals surface area contributed by atoms with Gasteiger partial charge < -0.3 is 14.8 Å². The molecule has 8 heteroatoms. The van der Waals surface area contributed by atoms with Crippen LogP contribution in [0.25, 0.3) is 0 Å². The second-order valence-electron chi connectivity index (χ2n) is 7.30. The van der Waals surface area contributed by atoms with Gasteiger partial charge in [-0.1, -0.05) is 36.4 Å². The number of hydrogen-bond acceptors (Lipinski definition) is 5. The molecule has 7 nitrogen and oxygen atoms in total. The monoisotopic (exact) mass is 452 g/mol. The summed E-state index contributed by atoms with van der Waals surface area (Å²) in [7, 11) is -3.63. The third-order valence-electron chi connectivity index (χ3n) is 5.06. The molecule has 1 aliphatic heterocycles. The van der Waals surface area contributed by atoms with Crippen LogP contribution in [0.5, 0.6) is 5.75 Å². The van der Waals surface area contributed by atoms with Gasteiger partial charge in [0.05, 0.1) is 18.1 Å². The zero-order valence-electron chi connectivity index (χ0n) is 17.4. The number of rotatable bonds is 7. The zero-order valence-corrected chi connectivity index (χ0v) is 18.3. The number of carbonyl (C=O) groups is 1. The van der Waals surface area contributed by atoms with Crippen LogP contribution in [0, 0.1) is 0 Å². The van der Waals surface area contributed by atoms with Gasteiger partial charge in [-0.05, 0) is 48.0 Å². The molecule has 0 spiro atoms. The van der Waals surface area contributed by atoms with E-state index in [1.54, 1.807) is 36.4 Å². The highest BCUT2D eigenvalue weighted by atomic mass is 32.2. The van der Waals surface area contributed by atoms with Gasteiger partial charge in [-0.3, -0.25) is 4.79 Å². The lowest BCUT2D eigenvalue weighted by Gasteiger charge is -2.26. The maximum Gasteiger partial charge on any atom is 0.255 e. The number of nitrogens with zero attached hydrogens (tertiary/aromatic N) is 1. The van der Waals surface area contributed by atoms with Gasteiger partial charge in [-0.2, -0.15) is 4.31 Å². The summed E-state index contributed by atoms with van der Waals surface area (Å²) in [5.41, 5.74) is 1.91. The van der Waals surface area contributed by atoms with Gasteiger partial charge in [0.2, 0.25) is 10.0 Å². The summed E-state index contributed by atoms with van der Waals surface area (Å²) in [6, 6.07) is 22.9. The largest absolute Gasteiger partial charge is 0.489 e. The first-order valence-corrected chi connectivity index (χ1v) is 11.7. The lowest BCUT2D eigenvalue weighted by atomic mass is 10.2. The molecule has 3 aromatic rings. The van der Waals surface area contributed by atoms with Gasteiger partial charge in [-0.15, -0.1) is 0 Å². The first-order chi connectivity index (χ1) is 15.5. The fourth-order valence-corrected chi connectivity index (χ4v) is 4.77. The van der Waals surface area contributed by atoms with Crippen LogP contribution in [-0.2, 0) is 21.4 Å². The third-order valence-corrected chi connectivity index (χ3v) is 6.96. The molecule has 0 aromatic heterocycles. The fraction of sp³-hybridized carbons (Fsp3) is 0.208. The first-order valence-electron chi connectivity index (χ1n) is 10.3. The molecule has 1 fully saturated rings. The number of hydrogen-bond donors (Lipinski definition) is 1. The van der Waals surface area contributed by atoms with Gasteiger partial charge in [0.15, 0.2) is 0 Å². The molecule has 1 amide bonds. The molecule has 1 heterocycles. The molecule has 1 aliphatic rings. The van der Waals surface area contributed by atoms with E-state index in [0.717, 1.165) is 5.56 Å². The van der Waals surface area contributed by atoms with Crippen LogP contribution in [0.1, 0.15) is 15.9 Å². The minimum absolute atomic E-state index is 0.141. The maximum absolute atomic E-state index is 12.8. The van der Waals surface area contributed by atoms with Crippen molar-refractivity contribution in [2.45, 2.75) is 11.5 Å². The van der Waals surface area contributed by atoms with Crippen LogP contribution >= 0.6 is 0 Å². The Hall–Kier alpha value is -3.20. The van der Waals surface area contributed by atoms with Gasteiger partial charge in [-0.25, -0.2) is 8.42 Å².